The van der Waals surface area contributed by atoms with Crippen LogP contribution in [0.3, 0.4) is 0 Å². The molecule has 2 heterocycles. The molecule has 29 heavy (non-hydrogen) atoms. The lowest BCUT2D eigenvalue weighted by atomic mass is 9.93. The van der Waals surface area contributed by atoms with Crippen LogP contribution in [0, 0.1) is 5.41 Å². The molecular weight excluding hydrogens is 368 g/mol. The summed E-state index contributed by atoms with van der Waals surface area (Å²) in [7, 11) is 1.67. The fourth-order valence-corrected chi connectivity index (χ4v) is 4.53. The maximum absolute atomic E-state index is 12.7. The van der Waals surface area contributed by atoms with E-state index in [1.807, 2.05) is 24.0 Å². The molecule has 0 radical (unpaired) electrons. The minimum absolute atomic E-state index is 0.114. The van der Waals surface area contributed by atoms with Crippen LogP contribution in [-0.2, 0) is 4.79 Å². The number of likely N-dealkylation sites (tertiary alicyclic amines) is 1. The highest BCUT2D eigenvalue weighted by molar-refractivity contribution is 5.83. The van der Waals surface area contributed by atoms with Crippen molar-refractivity contribution in [2.75, 3.05) is 25.5 Å². The molecule has 1 amide bonds. The number of nitrogens with zero attached hydrogens (tertiary/aromatic N) is 3. The highest BCUT2D eigenvalue weighted by atomic mass is 16.5. The van der Waals surface area contributed by atoms with Gasteiger partial charge in [0.05, 0.1) is 7.11 Å². The predicted molar refractivity (Wildman–Crippen MR) is 108 cm³/mol. The zero-order valence-electron chi connectivity index (χ0n) is 17.1. The number of anilines is 1. The lowest BCUT2D eigenvalue weighted by Gasteiger charge is -2.33. The van der Waals surface area contributed by atoms with Crippen molar-refractivity contribution in [1.82, 2.24) is 15.1 Å². The molecule has 7 heteroatoms. The minimum atomic E-state index is -0.367. The van der Waals surface area contributed by atoms with Gasteiger partial charge >= 0.3 is 6.01 Å². The van der Waals surface area contributed by atoms with Crippen molar-refractivity contribution < 1.29 is 13.9 Å². The quantitative estimate of drug-likeness (QED) is 0.804. The average molecular weight is 396 g/mol. The number of carbonyl (C=O) groups is 1. The second kappa shape index (κ2) is 7.04. The van der Waals surface area contributed by atoms with Gasteiger partial charge < -0.3 is 19.4 Å². The number of benzene rings is 1. The fourth-order valence-electron chi connectivity index (χ4n) is 4.53. The maximum Gasteiger partial charge on any atom is 0.316 e. The van der Waals surface area contributed by atoms with Gasteiger partial charge in [-0.15, -0.1) is 5.10 Å². The van der Waals surface area contributed by atoms with E-state index in [1.165, 1.54) is 18.4 Å². The first-order chi connectivity index (χ1) is 14.1. The van der Waals surface area contributed by atoms with Gasteiger partial charge in [0.25, 0.3) is 0 Å². The Balaban J connectivity index is 1.16. The van der Waals surface area contributed by atoms with Gasteiger partial charge in [0.1, 0.15) is 11.8 Å². The second-order valence-electron chi connectivity index (χ2n) is 8.86. The van der Waals surface area contributed by atoms with Crippen molar-refractivity contribution in [2.45, 2.75) is 56.9 Å². The van der Waals surface area contributed by atoms with Crippen molar-refractivity contribution >= 4 is 11.9 Å². The fraction of sp³-hybridized carbons (Fsp3) is 0.591. The summed E-state index contributed by atoms with van der Waals surface area (Å²) in [5.74, 6) is 2.25. The number of nitrogens with one attached hydrogen (secondary N) is 1. The van der Waals surface area contributed by atoms with E-state index in [-0.39, 0.29) is 17.9 Å². The molecule has 1 aromatic carbocycles. The Morgan fingerprint density at radius 2 is 1.90 bits per heavy atom. The molecule has 154 valence electrons. The summed E-state index contributed by atoms with van der Waals surface area (Å²) in [6.07, 6.45) is 5.96. The van der Waals surface area contributed by atoms with Crippen LogP contribution < -0.4 is 10.1 Å². The van der Waals surface area contributed by atoms with Gasteiger partial charge in [-0.25, -0.2) is 0 Å². The molecule has 3 fully saturated rings. The summed E-state index contributed by atoms with van der Waals surface area (Å²) >= 11 is 0. The maximum atomic E-state index is 12.7. The summed E-state index contributed by atoms with van der Waals surface area (Å²) in [5, 5.41) is 11.4. The largest absolute Gasteiger partial charge is 0.497 e. The molecule has 1 unspecified atom stereocenters. The third-order valence-electron chi connectivity index (χ3n) is 6.90. The number of aromatic nitrogens is 2. The van der Waals surface area contributed by atoms with E-state index in [0.717, 1.165) is 38.1 Å². The molecule has 1 spiro atoms. The number of piperidine rings is 1. The van der Waals surface area contributed by atoms with Crippen molar-refractivity contribution in [2.24, 2.45) is 5.41 Å². The lowest BCUT2D eigenvalue weighted by molar-refractivity contribution is -0.133. The smallest absolute Gasteiger partial charge is 0.316 e. The van der Waals surface area contributed by atoms with Gasteiger partial charge in [-0.2, -0.15) is 0 Å². The molecule has 1 aromatic heterocycles. The Morgan fingerprint density at radius 1 is 1.17 bits per heavy atom. The van der Waals surface area contributed by atoms with Crippen molar-refractivity contribution in [3.63, 3.8) is 0 Å². The number of methoxy groups -OCH3 is 1. The first-order valence-electron chi connectivity index (χ1n) is 10.6. The van der Waals surface area contributed by atoms with Crippen LogP contribution in [0.4, 0.5) is 6.01 Å². The number of carbonyl (C=O) groups excluding carboxylic acids is 1. The highest BCUT2D eigenvalue weighted by Gasteiger charge is 2.46. The number of hydrogen-bond acceptors (Lipinski definition) is 6. The molecule has 1 saturated heterocycles. The zero-order valence-corrected chi connectivity index (χ0v) is 17.1. The van der Waals surface area contributed by atoms with Crippen LogP contribution in [0.1, 0.15) is 62.3 Å². The Bertz CT molecular complexity index is 880. The Hall–Kier alpha value is -2.57. The zero-order chi connectivity index (χ0) is 20.0. The van der Waals surface area contributed by atoms with Crippen molar-refractivity contribution in [3.05, 3.63) is 35.7 Å². The first-order valence-corrected chi connectivity index (χ1v) is 10.6. The number of amides is 1. The van der Waals surface area contributed by atoms with Gasteiger partial charge in [0, 0.05) is 19.0 Å². The van der Waals surface area contributed by atoms with E-state index >= 15 is 0 Å². The molecule has 5 rings (SSSR count). The molecule has 1 N–H and O–H groups in total. The first kappa shape index (κ1) is 18.5. The topological polar surface area (TPSA) is 80.5 Å². The molecule has 2 aromatic rings. The van der Waals surface area contributed by atoms with E-state index < -0.39 is 0 Å². The molecule has 3 atom stereocenters. The molecule has 2 aliphatic carbocycles. The SMILES string of the molecule is COc1ccc(C2C[C@H]2c2nnc(N[C@@H](C)C(=O)N3CCC4(CC3)CC4)o2)cc1. The summed E-state index contributed by atoms with van der Waals surface area (Å²) in [5.41, 5.74) is 1.82. The molecule has 2 saturated carbocycles. The predicted octanol–water partition coefficient (Wildman–Crippen LogP) is 3.55. The van der Waals surface area contributed by atoms with E-state index in [2.05, 4.69) is 27.6 Å². The Kier molecular flexibility index (Phi) is 4.48. The van der Waals surface area contributed by atoms with Crippen LogP contribution in [0.25, 0.3) is 0 Å². The van der Waals surface area contributed by atoms with E-state index in [9.17, 15) is 4.79 Å². The molecule has 1 aliphatic heterocycles. The summed E-state index contributed by atoms with van der Waals surface area (Å²) < 4.78 is 11.0. The normalized spacial score (nSPS) is 25.5. The number of hydrogen-bond donors (Lipinski definition) is 1. The van der Waals surface area contributed by atoms with Gasteiger partial charge in [-0.3, -0.25) is 4.79 Å². The number of rotatable bonds is 6. The average Bonchev–Trinajstić information content (AvgIpc) is 3.67. The Labute approximate surface area is 170 Å². The van der Waals surface area contributed by atoms with Crippen molar-refractivity contribution in [3.8, 4) is 5.75 Å². The molecule has 3 aliphatic rings. The third kappa shape index (κ3) is 3.70. The number of ether oxygens (including phenoxy) is 1. The van der Waals surface area contributed by atoms with Crippen LogP contribution in [-0.4, -0.2) is 47.2 Å². The molecule has 0 bridgehead atoms. The third-order valence-corrected chi connectivity index (χ3v) is 6.90. The van der Waals surface area contributed by atoms with Crippen LogP contribution in [0.2, 0.25) is 0 Å². The van der Waals surface area contributed by atoms with E-state index in [0.29, 0.717) is 23.2 Å². The molecular formula is C22H28N4O3. The highest BCUT2D eigenvalue weighted by Crippen LogP contribution is 2.55. The van der Waals surface area contributed by atoms with Crippen LogP contribution in [0.5, 0.6) is 5.75 Å². The summed E-state index contributed by atoms with van der Waals surface area (Å²) in [6, 6.07) is 8.09. The monoisotopic (exact) mass is 396 g/mol. The lowest BCUT2D eigenvalue weighted by Crippen LogP contribution is -2.45. The Morgan fingerprint density at radius 3 is 2.55 bits per heavy atom. The summed E-state index contributed by atoms with van der Waals surface area (Å²) in [4.78, 5) is 14.7. The van der Waals surface area contributed by atoms with Gasteiger partial charge in [-0.05, 0) is 68.1 Å². The van der Waals surface area contributed by atoms with Crippen LogP contribution in [0.15, 0.2) is 28.7 Å². The summed E-state index contributed by atoms with van der Waals surface area (Å²) in [6.45, 7) is 3.60. The van der Waals surface area contributed by atoms with E-state index in [4.69, 9.17) is 9.15 Å². The standard InChI is InChI=1S/C22H28N4O3/c1-14(20(27)26-11-9-22(7-8-22)10-12-26)23-21-25-24-19(29-21)18-13-17(18)15-3-5-16(28-2)6-4-15/h3-6,14,17-18H,7-13H2,1-2H3,(H,23,25)/t14-,17?,18+/m0/s1. The van der Waals surface area contributed by atoms with Crippen molar-refractivity contribution in [1.29, 1.82) is 0 Å². The van der Waals surface area contributed by atoms with Gasteiger partial charge in [0.2, 0.25) is 11.8 Å². The van der Waals surface area contributed by atoms with Gasteiger partial charge in [0.15, 0.2) is 0 Å². The van der Waals surface area contributed by atoms with E-state index in [1.54, 1.807) is 7.11 Å². The minimum Gasteiger partial charge on any atom is -0.497 e. The molecule has 7 nitrogen and oxygen atoms in total. The van der Waals surface area contributed by atoms with Gasteiger partial charge in [-0.1, -0.05) is 17.2 Å². The van der Waals surface area contributed by atoms with Crippen LogP contribution >= 0.6 is 0 Å². The second-order valence-corrected chi connectivity index (χ2v) is 8.86.